The standard InChI is InChI=1S/C13H22N2O/c16-13-11(3-1-2-8-14-13)15-12(9-4-5-9)10-6-7-10/h9-12,15H,1-8H2,(H,14,16). The van der Waals surface area contributed by atoms with Crippen LogP contribution in [0.5, 0.6) is 0 Å². The van der Waals surface area contributed by atoms with Gasteiger partial charge in [0.15, 0.2) is 0 Å². The molecule has 1 unspecified atom stereocenters. The van der Waals surface area contributed by atoms with E-state index in [1.165, 1.54) is 32.1 Å². The van der Waals surface area contributed by atoms with E-state index in [0.29, 0.717) is 6.04 Å². The Morgan fingerprint density at radius 3 is 2.38 bits per heavy atom. The Labute approximate surface area is 97.4 Å². The highest BCUT2D eigenvalue weighted by Crippen LogP contribution is 2.44. The van der Waals surface area contributed by atoms with E-state index >= 15 is 0 Å². The monoisotopic (exact) mass is 222 g/mol. The number of hydrogen-bond donors (Lipinski definition) is 2. The Balaban J connectivity index is 1.59. The van der Waals surface area contributed by atoms with Gasteiger partial charge in [0.2, 0.25) is 5.91 Å². The SMILES string of the molecule is O=C1NCCCCC1NC(C1CC1)C1CC1. The van der Waals surface area contributed by atoms with Crippen LogP contribution in [-0.2, 0) is 4.79 Å². The molecule has 0 radical (unpaired) electrons. The zero-order valence-electron chi connectivity index (χ0n) is 9.87. The van der Waals surface area contributed by atoms with Crippen molar-refractivity contribution in [1.29, 1.82) is 0 Å². The van der Waals surface area contributed by atoms with Crippen LogP contribution in [0.3, 0.4) is 0 Å². The maximum atomic E-state index is 11.9. The summed E-state index contributed by atoms with van der Waals surface area (Å²) in [4.78, 5) is 11.9. The van der Waals surface area contributed by atoms with Crippen molar-refractivity contribution in [3.63, 3.8) is 0 Å². The van der Waals surface area contributed by atoms with Crippen LogP contribution in [-0.4, -0.2) is 24.5 Å². The molecular formula is C13H22N2O. The maximum absolute atomic E-state index is 11.9. The number of nitrogens with one attached hydrogen (secondary N) is 2. The molecule has 90 valence electrons. The summed E-state index contributed by atoms with van der Waals surface area (Å²) in [7, 11) is 0. The van der Waals surface area contributed by atoms with Gasteiger partial charge in [0.25, 0.3) is 0 Å². The van der Waals surface area contributed by atoms with Crippen LogP contribution in [0.2, 0.25) is 0 Å². The van der Waals surface area contributed by atoms with Crippen LogP contribution in [0, 0.1) is 11.8 Å². The second kappa shape index (κ2) is 4.36. The smallest absolute Gasteiger partial charge is 0.237 e. The molecule has 3 fully saturated rings. The van der Waals surface area contributed by atoms with Gasteiger partial charge in [0.05, 0.1) is 6.04 Å². The van der Waals surface area contributed by atoms with Gasteiger partial charge in [-0.1, -0.05) is 0 Å². The van der Waals surface area contributed by atoms with Crippen molar-refractivity contribution < 1.29 is 4.79 Å². The third-order valence-corrected chi connectivity index (χ3v) is 4.19. The lowest BCUT2D eigenvalue weighted by Gasteiger charge is -2.23. The summed E-state index contributed by atoms with van der Waals surface area (Å²) in [6, 6.07) is 0.738. The third-order valence-electron chi connectivity index (χ3n) is 4.19. The van der Waals surface area contributed by atoms with E-state index in [0.717, 1.165) is 31.2 Å². The normalized spacial score (nSPS) is 31.3. The van der Waals surface area contributed by atoms with Crippen LogP contribution in [0.1, 0.15) is 44.9 Å². The van der Waals surface area contributed by atoms with E-state index in [-0.39, 0.29) is 11.9 Å². The minimum absolute atomic E-state index is 0.0914. The summed E-state index contributed by atoms with van der Waals surface area (Å²) < 4.78 is 0. The topological polar surface area (TPSA) is 41.1 Å². The Kier molecular flexibility index (Phi) is 2.88. The lowest BCUT2D eigenvalue weighted by Crippen LogP contribution is -2.48. The average molecular weight is 222 g/mol. The Hall–Kier alpha value is -0.570. The van der Waals surface area contributed by atoms with E-state index in [9.17, 15) is 4.79 Å². The van der Waals surface area contributed by atoms with Crippen molar-refractivity contribution >= 4 is 5.91 Å². The second-order valence-electron chi connectivity index (χ2n) is 5.71. The first-order chi connectivity index (χ1) is 7.84. The molecule has 2 aliphatic carbocycles. The quantitative estimate of drug-likeness (QED) is 0.755. The second-order valence-corrected chi connectivity index (χ2v) is 5.71. The molecule has 0 aromatic heterocycles. The van der Waals surface area contributed by atoms with Crippen LogP contribution >= 0.6 is 0 Å². The van der Waals surface area contributed by atoms with Crippen molar-refractivity contribution in [2.45, 2.75) is 57.0 Å². The molecule has 1 saturated heterocycles. The maximum Gasteiger partial charge on any atom is 0.237 e. The van der Waals surface area contributed by atoms with E-state index in [2.05, 4.69) is 10.6 Å². The van der Waals surface area contributed by atoms with E-state index in [4.69, 9.17) is 0 Å². The molecule has 3 heteroatoms. The summed E-state index contributed by atoms with van der Waals surface area (Å²) in [5, 5.41) is 6.67. The highest BCUT2D eigenvalue weighted by molar-refractivity contribution is 5.81. The third kappa shape index (κ3) is 2.40. The van der Waals surface area contributed by atoms with Crippen molar-refractivity contribution in [1.82, 2.24) is 10.6 Å². The lowest BCUT2D eigenvalue weighted by molar-refractivity contribution is -0.123. The first kappa shape index (κ1) is 10.6. The summed E-state index contributed by atoms with van der Waals surface area (Å²) in [5.74, 6) is 2.00. The van der Waals surface area contributed by atoms with Crippen molar-refractivity contribution in [3.05, 3.63) is 0 Å². The molecule has 1 atom stereocenters. The molecule has 1 aliphatic heterocycles. The van der Waals surface area contributed by atoms with Crippen molar-refractivity contribution in [2.24, 2.45) is 11.8 Å². The van der Waals surface area contributed by atoms with Crippen LogP contribution in [0.15, 0.2) is 0 Å². The predicted octanol–water partition coefficient (Wildman–Crippen LogP) is 1.43. The summed E-state index contributed by atoms with van der Waals surface area (Å²) in [6.45, 7) is 0.870. The van der Waals surface area contributed by atoms with Gasteiger partial charge in [0.1, 0.15) is 0 Å². The largest absolute Gasteiger partial charge is 0.355 e. The molecule has 3 aliphatic rings. The fourth-order valence-electron chi connectivity index (χ4n) is 2.90. The van der Waals surface area contributed by atoms with Gasteiger partial charge in [-0.05, 0) is 56.8 Å². The minimum atomic E-state index is 0.0914. The van der Waals surface area contributed by atoms with Crippen LogP contribution < -0.4 is 10.6 Å². The molecule has 0 aromatic rings. The molecule has 0 spiro atoms. The number of hydrogen-bond acceptors (Lipinski definition) is 2. The van der Waals surface area contributed by atoms with Crippen molar-refractivity contribution in [3.8, 4) is 0 Å². The summed E-state index contributed by atoms with van der Waals surface area (Å²) in [5.41, 5.74) is 0. The van der Waals surface area contributed by atoms with E-state index < -0.39 is 0 Å². The number of carbonyl (C=O) groups excluding carboxylic acids is 1. The Bertz CT molecular complexity index is 259. The van der Waals surface area contributed by atoms with Gasteiger partial charge >= 0.3 is 0 Å². The zero-order valence-corrected chi connectivity index (χ0v) is 9.87. The zero-order chi connectivity index (χ0) is 11.0. The van der Waals surface area contributed by atoms with E-state index in [1.54, 1.807) is 0 Å². The number of amides is 1. The predicted molar refractivity (Wildman–Crippen MR) is 63.0 cm³/mol. The fourth-order valence-corrected chi connectivity index (χ4v) is 2.90. The van der Waals surface area contributed by atoms with Gasteiger partial charge in [0, 0.05) is 12.6 Å². The fraction of sp³-hybridized carbons (Fsp3) is 0.923. The highest BCUT2D eigenvalue weighted by Gasteiger charge is 2.42. The van der Waals surface area contributed by atoms with E-state index in [1.807, 2.05) is 0 Å². The number of carbonyl (C=O) groups is 1. The molecule has 16 heavy (non-hydrogen) atoms. The van der Waals surface area contributed by atoms with Gasteiger partial charge < -0.3 is 10.6 Å². The Morgan fingerprint density at radius 2 is 1.75 bits per heavy atom. The highest BCUT2D eigenvalue weighted by atomic mass is 16.2. The lowest BCUT2D eigenvalue weighted by atomic mass is 10.0. The van der Waals surface area contributed by atoms with Gasteiger partial charge in [-0.15, -0.1) is 0 Å². The summed E-state index contributed by atoms with van der Waals surface area (Å²) >= 11 is 0. The molecule has 2 N–H and O–H groups in total. The van der Waals surface area contributed by atoms with Crippen molar-refractivity contribution in [2.75, 3.05) is 6.54 Å². The first-order valence-corrected chi connectivity index (χ1v) is 6.88. The minimum Gasteiger partial charge on any atom is -0.355 e. The number of rotatable bonds is 4. The summed E-state index contributed by atoms with van der Waals surface area (Å²) in [6.07, 6.45) is 8.86. The van der Waals surface area contributed by atoms with Gasteiger partial charge in [-0.3, -0.25) is 4.79 Å². The molecule has 3 rings (SSSR count). The first-order valence-electron chi connectivity index (χ1n) is 6.88. The van der Waals surface area contributed by atoms with Gasteiger partial charge in [-0.25, -0.2) is 0 Å². The average Bonchev–Trinajstić information content (AvgIpc) is 3.14. The molecular weight excluding hydrogens is 200 g/mol. The molecule has 3 nitrogen and oxygen atoms in total. The molecule has 0 bridgehead atoms. The van der Waals surface area contributed by atoms with Gasteiger partial charge in [-0.2, -0.15) is 0 Å². The molecule has 1 heterocycles. The molecule has 2 saturated carbocycles. The molecule has 0 aromatic carbocycles. The molecule has 1 amide bonds. The van der Waals surface area contributed by atoms with Crippen LogP contribution in [0.25, 0.3) is 0 Å². The Morgan fingerprint density at radius 1 is 1.06 bits per heavy atom. The van der Waals surface area contributed by atoms with Crippen LogP contribution in [0.4, 0.5) is 0 Å².